The molecule has 0 bridgehead atoms. The Balaban J connectivity index is 1.86. The Hall–Kier alpha value is -2.13. The van der Waals surface area contributed by atoms with Crippen molar-refractivity contribution in [3.8, 4) is 0 Å². The van der Waals surface area contributed by atoms with E-state index in [0.29, 0.717) is 6.54 Å². The zero-order chi connectivity index (χ0) is 15.2. The Morgan fingerprint density at radius 1 is 1.10 bits per heavy atom. The average molecular weight is 283 g/mol. The van der Waals surface area contributed by atoms with Crippen LogP contribution >= 0.6 is 0 Å². The number of hydrogen-bond donors (Lipinski definition) is 2. The van der Waals surface area contributed by atoms with Gasteiger partial charge in [-0.3, -0.25) is 4.79 Å². The number of nitrogens with one attached hydrogen (secondary N) is 1. The standard InChI is InChI=1S/C18H22N2O/c1-13-9-10-17(11-14(13)2)20-18(21)12-19-15(3)16-7-5-4-6-8-16/h4-11,15,19H,12H2,1-3H3,(H,20,21)/p+1/t15-/m1/s1. The molecule has 0 saturated heterocycles. The quantitative estimate of drug-likeness (QED) is 0.870. The summed E-state index contributed by atoms with van der Waals surface area (Å²) in [7, 11) is 0. The van der Waals surface area contributed by atoms with Crippen LogP contribution in [0.3, 0.4) is 0 Å². The summed E-state index contributed by atoms with van der Waals surface area (Å²) in [5.41, 5.74) is 4.52. The summed E-state index contributed by atoms with van der Waals surface area (Å²) in [4.78, 5) is 12.0. The summed E-state index contributed by atoms with van der Waals surface area (Å²) in [5, 5.41) is 4.99. The van der Waals surface area contributed by atoms with Crippen LogP contribution in [0.5, 0.6) is 0 Å². The number of amides is 1. The molecule has 0 fully saturated rings. The molecule has 3 N–H and O–H groups in total. The van der Waals surface area contributed by atoms with Gasteiger partial charge in [0.15, 0.2) is 6.54 Å². The zero-order valence-corrected chi connectivity index (χ0v) is 12.9. The first-order valence-electron chi connectivity index (χ1n) is 7.31. The van der Waals surface area contributed by atoms with Crippen molar-refractivity contribution in [3.63, 3.8) is 0 Å². The Morgan fingerprint density at radius 3 is 2.48 bits per heavy atom. The molecule has 2 rings (SSSR count). The molecule has 2 aromatic rings. The molecule has 0 aliphatic carbocycles. The molecule has 1 amide bonds. The molecule has 3 nitrogen and oxygen atoms in total. The maximum absolute atomic E-state index is 12.0. The molecule has 0 aliphatic rings. The molecule has 0 aliphatic heterocycles. The fraction of sp³-hybridized carbons (Fsp3) is 0.278. The maximum Gasteiger partial charge on any atom is 0.279 e. The molecule has 0 spiro atoms. The van der Waals surface area contributed by atoms with Crippen LogP contribution in [-0.2, 0) is 4.79 Å². The first-order valence-corrected chi connectivity index (χ1v) is 7.31. The van der Waals surface area contributed by atoms with E-state index in [1.807, 2.05) is 41.7 Å². The fourth-order valence-electron chi connectivity index (χ4n) is 2.21. The Labute approximate surface area is 126 Å². The van der Waals surface area contributed by atoms with E-state index >= 15 is 0 Å². The lowest BCUT2D eigenvalue weighted by atomic mass is 10.1. The molecule has 1 atom stereocenters. The zero-order valence-electron chi connectivity index (χ0n) is 12.9. The fourth-order valence-corrected chi connectivity index (χ4v) is 2.21. The van der Waals surface area contributed by atoms with Gasteiger partial charge in [0.25, 0.3) is 5.91 Å². The minimum Gasteiger partial charge on any atom is -0.333 e. The second kappa shape index (κ2) is 7.04. The van der Waals surface area contributed by atoms with Crippen LogP contribution in [0.4, 0.5) is 5.69 Å². The van der Waals surface area contributed by atoms with E-state index in [9.17, 15) is 4.79 Å². The third-order valence-electron chi connectivity index (χ3n) is 3.77. The maximum atomic E-state index is 12.0. The van der Waals surface area contributed by atoms with Gasteiger partial charge in [0.05, 0.1) is 0 Å². The normalized spacial score (nSPS) is 12.0. The lowest BCUT2D eigenvalue weighted by Crippen LogP contribution is -2.86. The number of hydrogen-bond acceptors (Lipinski definition) is 1. The number of nitrogens with two attached hydrogens (primary N) is 1. The van der Waals surface area contributed by atoms with Crippen molar-refractivity contribution in [2.24, 2.45) is 0 Å². The number of aryl methyl sites for hydroxylation is 2. The molecule has 0 unspecified atom stereocenters. The SMILES string of the molecule is Cc1ccc(NC(=O)C[NH2+][C@H](C)c2ccccc2)cc1C. The minimum atomic E-state index is 0.0287. The van der Waals surface area contributed by atoms with Gasteiger partial charge in [0, 0.05) is 11.3 Å². The predicted molar refractivity (Wildman–Crippen MR) is 86.2 cm³/mol. The van der Waals surface area contributed by atoms with E-state index < -0.39 is 0 Å². The van der Waals surface area contributed by atoms with Gasteiger partial charge in [-0.1, -0.05) is 36.4 Å². The first-order chi connectivity index (χ1) is 10.1. The number of anilines is 1. The van der Waals surface area contributed by atoms with Crippen LogP contribution in [-0.4, -0.2) is 12.5 Å². The third kappa shape index (κ3) is 4.43. The summed E-state index contributed by atoms with van der Waals surface area (Å²) in [6.07, 6.45) is 0. The highest BCUT2D eigenvalue weighted by molar-refractivity contribution is 5.91. The second-order valence-corrected chi connectivity index (χ2v) is 5.49. The van der Waals surface area contributed by atoms with E-state index in [0.717, 1.165) is 5.69 Å². The van der Waals surface area contributed by atoms with Crippen molar-refractivity contribution in [2.75, 3.05) is 11.9 Å². The smallest absolute Gasteiger partial charge is 0.279 e. The van der Waals surface area contributed by atoms with Crippen LogP contribution in [0.15, 0.2) is 48.5 Å². The largest absolute Gasteiger partial charge is 0.333 e. The Morgan fingerprint density at radius 2 is 1.81 bits per heavy atom. The van der Waals surface area contributed by atoms with Gasteiger partial charge in [-0.05, 0) is 44.0 Å². The molecule has 0 aromatic heterocycles. The highest BCUT2D eigenvalue weighted by Crippen LogP contribution is 2.13. The first kappa shape index (κ1) is 15.3. The molecule has 0 saturated carbocycles. The summed E-state index contributed by atoms with van der Waals surface area (Å²) < 4.78 is 0. The number of quaternary nitrogens is 1. The van der Waals surface area contributed by atoms with Gasteiger partial charge in [-0.25, -0.2) is 0 Å². The van der Waals surface area contributed by atoms with Crippen LogP contribution in [0.1, 0.15) is 29.7 Å². The lowest BCUT2D eigenvalue weighted by molar-refractivity contribution is -0.682. The molecule has 2 aromatic carbocycles. The summed E-state index contributed by atoms with van der Waals surface area (Å²) in [6.45, 7) is 6.65. The molecule has 0 radical (unpaired) electrons. The Kier molecular flexibility index (Phi) is 5.12. The van der Waals surface area contributed by atoms with Crippen LogP contribution in [0.2, 0.25) is 0 Å². The number of benzene rings is 2. The topological polar surface area (TPSA) is 45.7 Å². The van der Waals surface area contributed by atoms with Crippen LogP contribution in [0.25, 0.3) is 0 Å². The van der Waals surface area contributed by atoms with E-state index in [-0.39, 0.29) is 11.9 Å². The van der Waals surface area contributed by atoms with Crippen LogP contribution in [0, 0.1) is 13.8 Å². The monoisotopic (exact) mass is 283 g/mol. The number of carbonyl (C=O) groups is 1. The van der Waals surface area contributed by atoms with Gasteiger partial charge in [0.1, 0.15) is 6.04 Å². The molecule has 3 heteroatoms. The molecular weight excluding hydrogens is 260 g/mol. The summed E-state index contributed by atoms with van der Waals surface area (Å²) in [6, 6.07) is 16.5. The molecule has 110 valence electrons. The summed E-state index contributed by atoms with van der Waals surface area (Å²) >= 11 is 0. The summed E-state index contributed by atoms with van der Waals surface area (Å²) in [5.74, 6) is 0.0287. The van der Waals surface area contributed by atoms with Gasteiger partial charge in [-0.2, -0.15) is 0 Å². The third-order valence-corrected chi connectivity index (χ3v) is 3.77. The van der Waals surface area contributed by atoms with Crippen molar-refractivity contribution in [1.29, 1.82) is 0 Å². The second-order valence-electron chi connectivity index (χ2n) is 5.49. The average Bonchev–Trinajstić information content (AvgIpc) is 2.49. The lowest BCUT2D eigenvalue weighted by Gasteiger charge is -2.11. The highest BCUT2D eigenvalue weighted by Gasteiger charge is 2.11. The molecule has 0 heterocycles. The molecule has 21 heavy (non-hydrogen) atoms. The Bertz CT molecular complexity index is 608. The van der Waals surface area contributed by atoms with Gasteiger partial charge >= 0.3 is 0 Å². The van der Waals surface area contributed by atoms with E-state index in [1.54, 1.807) is 0 Å². The van der Waals surface area contributed by atoms with Gasteiger partial charge in [0.2, 0.25) is 0 Å². The van der Waals surface area contributed by atoms with E-state index in [4.69, 9.17) is 0 Å². The van der Waals surface area contributed by atoms with Crippen molar-refractivity contribution in [1.82, 2.24) is 0 Å². The van der Waals surface area contributed by atoms with Gasteiger partial charge in [-0.15, -0.1) is 0 Å². The van der Waals surface area contributed by atoms with Crippen molar-refractivity contribution in [3.05, 3.63) is 65.2 Å². The minimum absolute atomic E-state index is 0.0287. The van der Waals surface area contributed by atoms with E-state index in [1.165, 1.54) is 16.7 Å². The van der Waals surface area contributed by atoms with Gasteiger partial charge < -0.3 is 10.6 Å². The van der Waals surface area contributed by atoms with E-state index in [2.05, 4.69) is 38.2 Å². The predicted octanol–water partition coefficient (Wildman–Crippen LogP) is 2.57. The number of rotatable bonds is 5. The van der Waals surface area contributed by atoms with Crippen molar-refractivity contribution >= 4 is 11.6 Å². The van der Waals surface area contributed by atoms with Crippen molar-refractivity contribution in [2.45, 2.75) is 26.8 Å². The van der Waals surface area contributed by atoms with Crippen LogP contribution < -0.4 is 10.6 Å². The number of carbonyl (C=O) groups excluding carboxylic acids is 1. The van der Waals surface area contributed by atoms with Crippen molar-refractivity contribution < 1.29 is 10.1 Å². The highest BCUT2D eigenvalue weighted by atomic mass is 16.1. The molecular formula is C18H23N2O+.